The number of hydrogen-bond donors (Lipinski definition) is 1. The van der Waals surface area contributed by atoms with Crippen molar-refractivity contribution >= 4 is 0 Å². The average molecular weight is 288 g/mol. The standard InChI is InChI=1S/C14H19F3N2O/c1-20-10-6-7-19(9-10)13(8-18)11-4-2-3-5-12(11)14(15,16)17/h2-5,10,13H,6-9,18H2,1H3. The number of halogens is 3. The molecule has 1 heterocycles. The van der Waals surface area contributed by atoms with Crippen LogP contribution >= 0.6 is 0 Å². The van der Waals surface area contributed by atoms with E-state index in [1.54, 1.807) is 13.2 Å². The second-order valence-corrected chi connectivity index (χ2v) is 4.98. The van der Waals surface area contributed by atoms with E-state index in [-0.39, 0.29) is 18.2 Å². The molecule has 0 spiro atoms. The molecule has 1 aromatic carbocycles. The molecule has 1 aromatic rings. The van der Waals surface area contributed by atoms with Gasteiger partial charge in [-0.25, -0.2) is 0 Å². The normalized spacial score (nSPS) is 22.1. The van der Waals surface area contributed by atoms with Gasteiger partial charge in [0, 0.05) is 32.8 Å². The van der Waals surface area contributed by atoms with Crippen LogP contribution in [0.25, 0.3) is 0 Å². The zero-order valence-corrected chi connectivity index (χ0v) is 11.4. The van der Waals surface area contributed by atoms with Crippen LogP contribution in [0.5, 0.6) is 0 Å². The number of likely N-dealkylation sites (tertiary alicyclic amines) is 1. The van der Waals surface area contributed by atoms with Gasteiger partial charge in [-0.05, 0) is 18.1 Å². The van der Waals surface area contributed by atoms with E-state index >= 15 is 0 Å². The van der Waals surface area contributed by atoms with Crippen molar-refractivity contribution in [3.8, 4) is 0 Å². The van der Waals surface area contributed by atoms with E-state index in [4.69, 9.17) is 10.5 Å². The Kier molecular flexibility index (Phi) is 4.67. The number of ether oxygens (including phenoxy) is 1. The zero-order valence-electron chi connectivity index (χ0n) is 11.4. The molecule has 0 saturated carbocycles. The molecule has 2 N–H and O–H groups in total. The Balaban J connectivity index is 2.29. The minimum atomic E-state index is -4.36. The zero-order chi connectivity index (χ0) is 14.8. The molecule has 0 amide bonds. The summed E-state index contributed by atoms with van der Waals surface area (Å²) < 4.78 is 44.5. The molecule has 1 saturated heterocycles. The number of nitrogens with zero attached hydrogens (tertiary/aromatic N) is 1. The van der Waals surface area contributed by atoms with E-state index in [2.05, 4.69) is 0 Å². The summed E-state index contributed by atoms with van der Waals surface area (Å²) in [7, 11) is 1.62. The van der Waals surface area contributed by atoms with Crippen molar-refractivity contribution in [2.75, 3.05) is 26.7 Å². The molecule has 6 heteroatoms. The Morgan fingerprint density at radius 3 is 2.65 bits per heavy atom. The molecule has 0 aliphatic carbocycles. The highest BCUT2D eigenvalue weighted by Gasteiger charge is 2.37. The monoisotopic (exact) mass is 288 g/mol. The smallest absolute Gasteiger partial charge is 0.380 e. The van der Waals surface area contributed by atoms with Crippen molar-refractivity contribution in [2.24, 2.45) is 5.73 Å². The van der Waals surface area contributed by atoms with Gasteiger partial charge in [0.05, 0.1) is 11.7 Å². The van der Waals surface area contributed by atoms with Crippen LogP contribution in [-0.4, -0.2) is 37.7 Å². The van der Waals surface area contributed by atoms with E-state index in [9.17, 15) is 13.2 Å². The lowest BCUT2D eigenvalue weighted by Crippen LogP contribution is -2.34. The predicted octanol–water partition coefficient (Wildman–Crippen LogP) is 2.43. The molecule has 0 aromatic heterocycles. The van der Waals surface area contributed by atoms with Gasteiger partial charge >= 0.3 is 6.18 Å². The lowest BCUT2D eigenvalue weighted by atomic mass is 9.99. The lowest BCUT2D eigenvalue weighted by molar-refractivity contribution is -0.138. The number of alkyl halides is 3. The van der Waals surface area contributed by atoms with Crippen LogP contribution in [0.2, 0.25) is 0 Å². The first kappa shape index (κ1) is 15.3. The first-order chi connectivity index (χ1) is 9.47. The molecule has 112 valence electrons. The van der Waals surface area contributed by atoms with Gasteiger partial charge in [0.15, 0.2) is 0 Å². The average Bonchev–Trinajstić information content (AvgIpc) is 2.88. The lowest BCUT2D eigenvalue weighted by Gasteiger charge is -2.29. The van der Waals surface area contributed by atoms with Crippen LogP contribution in [0.4, 0.5) is 13.2 Å². The molecular formula is C14H19F3N2O. The predicted molar refractivity (Wildman–Crippen MR) is 70.2 cm³/mol. The number of nitrogens with two attached hydrogens (primary N) is 1. The van der Waals surface area contributed by atoms with Gasteiger partial charge in [-0.2, -0.15) is 13.2 Å². The highest BCUT2D eigenvalue weighted by atomic mass is 19.4. The van der Waals surface area contributed by atoms with Crippen molar-refractivity contribution in [3.05, 3.63) is 35.4 Å². The third-order valence-corrected chi connectivity index (χ3v) is 3.80. The molecule has 2 atom stereocenters. The van der Waals surface area contributed by atoms with Gasteiger partial charge in [0.2, 0.25) is 0 Å². The van der Waals surface area contributed by atoms with Gasteiger partial charge in [0.1, 0.15) is 0 Å². The Morgan fingerprint density at radius 1 is 1.40 bits per heavy atom. The molecule has 1 aliphatic rings. The topological polar surface area (TPSA) is 38.5 Å². The van der Waals surface area contributed by atoms with Crippen LogP contribution in [0.1, 0.15) is 23.6 Å². The number of benzene rings is 1. The van der Waals surface area contributed by atoms with Crippen LogP contribution in [0.3, 0.4) is 0 Å². The second kappa shape index (κ2) is 6.11. The maximum absolute atomic E-state index is 13.1. The highest BCUT2D eigenvalue weighted by molar-refractivity contribution is 5.33. The van der Waals surface area contributed by atoms with Gasteiger partial charge in [0.25, 0.3) is 0 Å². The summed E-state index contributed by atoms with van der Waals surface area (Å²) >= 11 is 0. The summed E-state index contributed by atoms with van der Waals surface area (Å²) in [6.45, 7) is 1.47. The second-order valence-electron chi connectivity index (χ2n) is 4.98. The van der Waals surface area contributed by atoms with E-state index < -0.39 is 17.8 Å². The first-order valence-corrected chi connectivity index (χ1v) is 6.60. The molecule has 1 fully saturated rings. The van der Waals surface area contributed by atoms with E-state index in [0.29, 0.717) is 13.1 Å². The minimum absolute atomic E-state index is 0.0714. The summed E-state index contributed by atoms with van der Waals surface area (Å²) in [4.78, 5) is 1.97. The molecule has 1 aliphatic heterocycles. The van der Waals surface area contributed by atoms with E-state index in [1.807, 2.05) is 4.90 Å². The quantitative estimate of drug-likeness (QED) is 0.924. The maximum Gasteiger partial charge on any atom is 0.416 e. The van der Waals surface area contributed by atoms with Crippen LogP contribution in [-0.2, 0) is 10.9 Å². The van der Waals surface area contributed by atoms with Gasteiger partial charge in [-0.15, -0.1) is 0 Å². The molecular weight excluding hydrogens is 269 g/mol. The maximum atomic E-state index is 13.1. The summed E-state index contributed by atoms with van der Waals surface area (Å²) in [6, 6.07) is 5.23. The van der Waals surface area contributed by atoms with Crippen molar-refractivity contribution in [1.29, 1.82) is 0 Å². The summed E-state index contributed by atoms with van der Waals surface area (Å²) in [5.74, 6) is 0. The van der Waals surface area contributed by atoms with E-state index in [1.165, 1.54) is 12.1 Å². The fourth-order valence-corrected chi connectivity index (χ4v) is 2.75. The Morgan fingerprint density at radius 2 is 2.10 bits per heavy atom. The molecule has 0 bridgehead atoms. The third kappa shape index (κ3) is 3.13. The molecule has 3 nitrogen and oxygen atoms in total. The molecule has 2 rings (SSSR count). The number of methoxy groups -OCH3 is 1. The SMILES string of the molecule is COC1CCN(C(CN)c2ccccc2C(F)(F)F)C1. The van der Waals surface area contributed by atoms with Crippen molar-refractivity contribution in [2.45, 2.75) is 24.7 Å². The fourth-order valence-electron chi connectivity index (χ4n) is 2.75. The van der Waals surface area contributed by atoms with Gasteiger partial charge in [-0.3, -0.25) is 4.90 Å². The van der Waals surface area contributed by atoms with Crippen LogP contribution in [0.15, 0.2) is 24.3 Å². The van der Waals surface area contributed by atoms with Gasteiger partial charge in [-0.1, -0.05) is 18.2 Å². The van der Waals surface area contributed by atoms with Crippen molar-refractivity contribution < 1.29 is 17.9 Å². The fraction of sp³-hybridized carbons (Fsp3) is 0.571. The summed E-state index contributed by atoms with van der Waals surface area (Å²) in [6.07, 6.45) is -3.46. The largest absolute Gasteiger partial charge is 0.416 e. The molecule has 0 radical (unpaired) electrons. The summed E-state index contributed by atoms with van der Waals surface area (Å²) in [5.41, 5.74) is 5.38. The van der Waals surface area contributed by atoms with Crippen LogP contribution in [0, 0.1) is 0 Å². The number of hydrogen-bond acceptors (Lipinski definition) is 3. The molecule has 2 unspecified atom stereocenters. The summed E-state index contributed by atoms with van der Waals surface area (Å²) in [5, 5.41) is 0. The number of rotatable bonds is 4. The van der Waals surface area contributed by atoms with Gasteiger partial charge < -0.3 is 10.5 Å². The highest BCUT2D eigenvalue weighted by Crippen LogP contribution is 2.36. The Labute approximate surface area is 116 Å². The van der Waals surface area contributed by atoms with Crippen molar-refractivity contribution in [3.63, 3.8) is 0 Å². The Bertz CT molecular complexity index is 450. The van der Waals surface area contributed by atoms with Crippen molar-refractivity contribution in [1.82, 2.24) is 4.90 Å². The van der Waals surface area contributed by atoms with E-state index in [0.717, 1.165) is 12.5 Å². The molecule has 20 heavy (non-hydrogen) atoms. The minimum Gasteiger partial charge on any atom is -0.380 e. The first-order valence-electron chi connectivity index (χ1n) is 6.60. The third-order valence-electron chi connectivity index (χ3n) is 3.80. The van der Waals surface area contributed by atoms with Crippen LogP contribution < -0.4 is 5.73 Å². The Hall–Kier alpha value is -1.11.